The SMILES string of the molecule is Cc1ccc(OC[C@H](C)NC(=O)CCCN(c2ccc3c(c2)OCO3)S(C)(=O)=O)cc1. The van der Waals surface area contributed by atoms with Crippen LogP contribution < -0.4 is 23.8 Å². The van der Waals surface area contributed by atoms with Crippen molar-refractivity contribution in [1.29, 1.82) is 0 Å². The number of amides is 1. The summed E-state index contributed by atoms with van der Waals surface area (Å²) >= 11 is 0. The van der Waals surface area contributed by atoms with Gasteiger partial charge in [0.2, 0.25) is 22.7 Å². The summed E-state index contributed by atoms with van der Waals surface area (Å²) in [5.74, 6) is 1.68. The minimum Gasteiger partial charge on any atom is -0.491 e. The molecule has 1 aliphatic rings. The summed E-state index contributed by atoms with van der Waals surface area (Å²) in [7, 11) is -3.51. The maximum absolute atomic E-state index is 12.3. The van der Waals surface area contributed by atoms with E-state index in [0.717, 1.165) is 17.6 Å². The Labute approximate surface area is 183 Å². The first-order valence-electron chi connectivity index (χ1n) is 10.1. The van der Waals surface area contributed by atoms with E-state index in [1.807, 2.05) is 38.1 Å². The summed E-state index contributed by atoms with van der Waals surface area (Å²) in [5.41, 5.74) is 1.63. The fourth-order valence-corrected chi connectivity index (χ4v) is 4.11. The van der Waals surface area contributed by atoms with Gasteiger partial charge in [-0.1, -0.05) is 17.7 Å². The van der Waals surface area contributed by atoms with E-state index in [1.54, 1.807) is 18.2 Å². The molecule has 168 valence electrons. The lowest BCUT2D eigenvalue weighted by Crippen LogP contribution is -2.37. The number of fused-ring (bicyclic) bond motifs is 1. The molecular weight excluding hydrogens is 420 g/mol. The van der Waals surface area contributed by atoms with Gasteiger partial charge in [-0.05, 0) is 44.5 Å². The largest absolute Gasteiger partial charge is 0.491 e. The lowest BCUT2D eigenvalue weighted by Gasteiger charge is -2.22. The first kappa shape index (κ1) is 22.7. The van der Waals surface area contributed by atoms with E-state index in [4.69, 9.17) is 14.2 Å². The summed E-state index contributed by atoms with van der Waals surface area (Å²) in [4.78, 5) is 12.3. The summed E-state index contributed by atoms with van der Waals surface area (Å²) in [6.45, 7) is 4.51. The molecule has 2 aromatic rings. The van der Waals surface area contributed by atoms with Crippen molar-refractivity contribution >= 4 is 21.6 Å². The predicted octanol–water partition coefficient (Wildman–Crippen LogP) is 2.85. The number of hydrogen-bond acceptors (Lipinski definition) is 6. The average molecular weight is 449 g/mol. The quantitative estimate of drug-likeness (QED) is 0.601. The highest BCUT2D eigenvalue weighted by molar-refractivity contribution is 7.92. The van der Waals surface area contributed by atoms with Crippen molar-refractivity contribution in [3.8, 4) is 17.2 Å². The molecule has 1 heterocycles. The van der Waals surface area contributed by atoms with Crippen LogP contribution in [0.5, 0.6) is 17.2 Å². The second kappa shape index (κ2) is 9.91. The number of sulfonamides is 1. The summed E-state index contributed by atoms with van der Waals surface area (Å²) in [6, 6.07) is 12.5. The smallest absolute Gasteiger partial charge is 0.232 e. The van der Waals surface area contributed by atoms with Gasteiger partial charge >= 0.3 is 0 Å². The molecule has 31 heavy (non-hydrogen) atoms. The molecule has 8 nitrogen and oxygen atoms in total. The number of anilines is 1. The molecule has 0 bridgehead atoms. The topological polar surface area (TPSA) is 94.2 Å². The maximum Gasteiger partial charge on any atom is 0.232 e. The molecule has 1 amide bonds. The molecule has 3 rings (SSSR count). The second-order valence-electron chi connectivity index (χ2n) is 7.57. The third-order valence-electron chi connectivity index (χ3n) is 4.74. The molecule has 0 fully saturated rings. The lowest BCUT2D eigenvalue weighted by atomic mass is 10.2. The Kier molecular flexibility index (Phi) is 7.27. The van der Waals surface area contributed by atoms with Crippen LogP contribution in [-0.4, -0.2) is 46.6 Å². The van der Waals surface area contributed by atoms with Gasteiger partial charge in [-0.15, -0.1) is 0 Å². The number of rotatable bonds is 10. The van der Waals surface area contributed by atoms with E-state index >= 15 is 0 Å². The molecule has 0 aromatic heterocycles. The van der Waals surface area contributed by atoms with Crippen molar-refractivity contribution in [3.05, 3.63) is 48.0 Å². The highest BCUT2D eigenvalue weighted by Crippen LogP contribution is 2.36. The number of hydrogen-bond donors (Lipinski definition) is 1. The van der Waals surface area contributed by atoms with Crippen LogP contribution in [0, 0.1) is 6.92 Å². The standard InChI is InChI=1S/C22H28N2O6S/c1-16-6-9-19(10-7-16)28-14-17(2)23-22(25)5-4-12-24(31(3,26)27)18-8-11-20-21(13-18)30-15-29-20/h6-11,13,17H,4-5,12,14-15H2,1-3H3,(H,23,25)/t17-/m0/s1. The van der Waals surface area contributed by atoms with E-state index in [1.165, 1.54) is 4.31 Å². The second-order valence-corrected chi connectivity index (χ2v) is 9.48. The molecule has 0 aliphatic carbocycles. The van der Waals surface area contributed by atoms with Gasteiger partial charge in [-0.25, -0.2) is 8.42 Å². The van der Waals surface area contributed by atoms with Crippen molar-refractivity contribution < 1.29 is 27.4 Å². The van der Waals surface area contributed by atoms with Crippen LogP contribution in [0.4, 0.5) is 5.69 Å². The molecule has 0 unspecified atom stereocenters. The molecule has 0 saturated carbocycles. The van der Waals surface area contributed by atoms with Crippen LogP contribution in [0.3, 0.4) is 0 Å². The van der Waals surface area contributed by atoms with Crippen molar-refractivity contribution in [1.82, 2.24) is 5.32 Å². The number of aryl methyl sites for hydroxylation is 1. The number of benzene rings is 2. The fraction of sp³-hybridized carbons (Fsp3) is 0.409. The van der Waals surface area contributed by atoms with Crippen LogP contribution in [0.15, 0.2) is 42.5 Å². The van der Waals surface area contributed by atoms with Gasteiger partial charge in [-0.2, -0.15) is 0 Å². The Balaban J connectivity index is 1.47. The number of carbonyl (C=O) groups is 1. The minimum absolute atomic E-state index is 0.115. The Hall–Kier alpha value is -2.94. The van der Waals surface area contributed by atoms with Crippen molar-refractivity contribution in [2.75, 3.05) is 30.5 Å². The van der Waals surface area contributed by atoms with Gasteiger partial charge in [0.25, 0.3) is 0 Å². The van der Waals surface area contributed by atoms with Crippen molar-refractivity contribution in [2.24, 2.45) is 0 Å². The first-order valence-corrected chi connectivity index (χ1v) is 11.9. The number of ether oxygens (including phenoxy) is 3. The number of nitrogens with one attached hydrogen (secondary N) is 1. The van der Waals surface area contributed by atoms with Crippen LogP contribution >= 0.6 is 0 Å². The van der Waals surface area contributed by atoms with Crippen LogP contribution in [0.1, 0.15) is 25.3 Å². The fourth-order valence-electron chi connectivity index (χ4n) is 3.15. The number of nitrogens with zero attached hydrogens (tertiary/aromatic N) is 1. The molecule has 0 spiro atoms. The van der Waals surface area contributed by atoms with E-state index in [9.17, 15) is 13.2 Å². The van der Waals surface area contributed by atoms with Crippen LogP contribution in [0.25, 0.3) is 0 Å². The summed E-state index contributed by atoms with van der Waals surface area (Å²) in [5, 5.41) is 2.88. The minimum atomic E-state index is -3.51. The maximum atomic E-state index is 12.3. The Morgan fingerprint density at radius 1 is 1.16 bits per heavy atom. The third kappa shape index (κ3) is 6.52. The van der Waals surface area contributed by atoms with E-state index in [-0.39, 0.29) is 31.7 Å². The molecule has 1 atom stereocenters. The zero-order valence-corrected chi connectivity index (χ0v) is 18.8. The van der Waals surface area contributed by atoms with Crippen LogP contribution in [-0.2, 0) is 14.8 Å². The average Bonchev–Trinajstić information content (AvgIpc) is 3.17. The molecule has 2 aromatic carbocycles. The highest BCUT2D eigenvalue weighted by Gasteiger charge is 2.21. The van der Waals surface area contributed by atoms with E-state index < -0.39 is 10.0 Å². The summed E-state index contributed by atoms with van der Waals surface area (Å²) in [6.07, 6.45) is 1.71. The van der Waals surface area contributed by atoms with Gasteiger partial charge < -0.3 is 19.5 Å². The molecular formula is C22H28N2O6S. The Bertz CT molecular complexity index is 1010. The van der Waals surface area contributed by atoms with Crippen molar-refractivity contribution in [3.63, 3.8) is 0 Å². The monoisotopic (exact) mass is 448 g/mol. The van der Waals surface area contributed by atoms with E-state index in [0.29, 0.717) is 30.2 Å². The molecule has 0 saturated heterocycles. The van der Waals surface area contributed by atoms with Crippen LogP contribution in [0.2, 0.25) is 0 Å². The van der Waals surface area contributed by atoms with Gasteiger partial charge in [0.05, 0.1) is 18.0 Å². The summed E-state index contributed by atoms with van der Waals surface area (Å²) < 4.78 is 42.1. The van der Waals surface area contributed by atoms with Gasteiger partial charge in [0.15, 0.2) is 11.5 Å². The van der Waals surface area contributed by atoms with Crippen molar-refractivity contribution in [2.45, 2.75) is 32.7 Å². The Morgan fingerprint density at radius 3 is 2.58 bits per heavy atom. The zero-order chi connectivity index (χ0) is 22.4. The van der Waals surface area contributed by atoms with Gasteiger partial charge in [0.1, 0.15) is 12.4 Å². The Morgan fingerprint density at radius 2 is 1.87 bits per heavy atom. The van der Waals surface area contributed by atoms with Gasteiger partial charge in [-0.3, -0.25) is 9.10 Å². The lowest BCUT2D eigenvalue weighted by molar-refractivity contribution is -0.121. The predicted molar refractivity (Wildman–Crippen MR) is 118 cm³/mol. The molecule has 0 radical (unpaired) electrons. The normalized spacial score (nSPS) is 13.5. The zero-order valence-electron chi connectivity index (χ0n) is 18.0. The number of carbonyl (C=O) groups excluding carboxylic acids is 1. The molecule has 9 heteroatoms. The van der Waals surface area contributed by atoms with Gasteiger partial charge in [0, 0.05) is 19.0 Å². The highest BCUT2D eigenvalue weighted by atomic mass is 32.2. The molecule has 1 aliphatic heterocycles. The van der Waals surface area contributed by atoms with E-state index in [2.05, 4.69) is 5.32 Å². The first-order chi connectivity index (χ1) is 14.7. The molecule has 1 N–H and O–H groups in total. The third-order valence-corrected chi connectivity index (χ3v) is 5.93.